The molecular weight excluding hydrogens is 242 g/mol. The van der Waals surface area contributed by atoms with Gasteiger partial charge in [-0.1, -0.05) is 0 Å². The molecule has 2 aromatic heterocycles. The zero-order valence-electron chi connectivity index (χ0n) is 9.29. The molecule has 92 valence electrons. The standard InChI is InChI=1S/C9H13N5O2S/c1-14-5-3-8(6-14)17(15,16)12-4-2-9-10-7-11-13-9/h3,5-7,12H,2,4H2,1H3,(H,10,11,13). The molecule has 0 amide bonds. The molecule has 8 heteroatoms. The van der Waals surface area contributed by atoms with Crippen LogP contribution in [0.5, 0.6) is 0 Å². The second-order valence-electron chi connectivity index (χ2n) is 3.59. The summed E-state index contributed by atoms with van der Waals surface area (Å²) in [4.78, 5) is 4.17. The highest BCUT2D eigenvalue weighted by Crippen LogP contribution is 2.07. The molecule has 0 spiro atoms. The molecule has 7 nitrogen and oxygen atoms in total. The minimum atomic E-state index is -3.43. The van der Waals surface area contributed by atoms with E-state index in [4.69, 9.17) is 0 Å². The highest BCUT2D eigenvalue weighted by Gasteiger charge is 2.14. The van der Waals surface area contributed by atoms with Crippen LogP contribution in [0.4, 0.5) is 0 Å². The van der Waals surface area contributed by atoms with Gasteiger partial charge in [0.25, 0.3) is 0 Å². The van der Waals surface area contributed by atoms with Crippen LogP contribution in [0.2, 0.25) is 0 Å². The third-order valence-electron chi connectivity index (χ3n) is 2.23. The van der Waals surface area contributed by atoms with Crippen molar-refractivity contribution in [1.82, 2.24) is 24.5 Å². The third kappa shape index (κ3) is 2.92. The van der Waals surface area contributed by atoms with Crippen LogP contribution in [0.25, 0.3) is 0 Å². The smallest absolute Gasteiger partial charge is 0.242 e. The molecular formula is C9H13N5O2S. The van der Waals surface area contributed by atoms with E-state index in [0.717, 1.165) is 0 Å². The molecule has 0 atom stereocenters. The summed E-state index contributed by atoms with van der Waals surface area (Å²) in [5.74, 6) is 0.653. The zero-order chi connectivity index (χ0) is 12.3. The van der Waals surface area contributed by atoms with E-state index in [-0.39, 0.29) is 11.4 Å². The van der Waals surface area contributed by atoms with E-state index >= 15 is 0 Å². The fourth-order valence-electron chi connectivity index (χ4n) is 1.38. The molecule has 2 rings (SSSR count). The maximum atomic E-state index is 11.8. The van der Waals surface area contributed by atoms with Gasteiger partial charge in [-0.15, -0.1) is 0 Å². The van der Waals surface area contributed by atoms with E-state index in [0.29, 0.717) is 12.2 Å². The molecule has 0 aromatic carbocycles. The van der Waals surface area contributed by atoms with Crippen LogP contribution in [-0.2, 0) is 23.5 Å². The molecule has 0 saturated heterocycles. The lowest BCUT2D eigenvalue weighted by Gasteiger charge is -2.03. The number of nitrogens with zero attached hydrogens (tertiary/aromatic N) is 3. The number of hydrogen-bond donors (Lipinski definition) is 2. The van der Waals surface area contributed by atoms with Crippen molar-refractivity contribution >= 4 is 10.0 Å². The Morgan fingerprint density at radius 2 is 2.35 bits per heavy atom. The Bertz CT molecular complexity index is 572. The van der Waals surface area contributed by atoms with Crippen molar-refractivity contribution in [3.05, 3.63) is 30.6 Å². The van der Waals surface area contributed by atoms with Crippen molar-refractivity contribution in [3.8, 4) is 0 Å². The van der Waals surface area contributed by atoms with E-state index in [9.17, 15) is 8.42 Å². The average Bonchev–Trinajstić information content (AvgIpc) is 2.89. The molecule has 0 radical (unpaired) electrons. The highest BCUT2D eigenvalue weighted by molar-refractivity contribution is 7.89. The number of sulfonamides is 1. The van der Waals surface area contributed by atoms with Crippen molar-refractivity contribution in [1.29, 1.82) is 0 Å². The first kappa shape index (κ1) is 11.8. The van der Waals surface area contributed by atoms with Crippen molar-refractivity contribution < 1.29 is 8.42 Å². The summed E-state index contributed by atoms with van der Waals surface area (Å²) < 4.78 is 27.8. The number of rotatable bonds is 5. The van der Waals surface area contributed by atoms with Crippen molar-refractivity contribution in [2.45, 2.75) is 11.3 Å². The summed E-state index contributed by atoms with van der Waals surface area (Å²) in [6.07, 6.45) is 5.11. The van der Waals surface area contributed by atoms with Crippen LogP contribution in [0.3, 0.4) is 0 Å². The van der Waals surface area contributed by atoms with E-state index in [1.165, 1.54) is 6.33 Å². The Labute approximate surface area is 98.9 Å². The quantitative estimate of drug-likeness (QED) is 0.764. The maximum absolute atomic E-state index is 11.8. The fourth-order valence-corrected chi connectivity index (χ4v) is 2.46. The van der Waals surface area contributed by atoms with Gasteiger partial charge < -0.3 is 4.57 Å². The monoisotopic (exact) mass is 255 g/mol. The summed E-state index contributed by atoms with van der Waals surface area (Å²) in [7, 11) is -1.65. The van der Waals surface area contributed by atoms with Crippen LogP contribution < -0.4 is 4.72 Å². The van der Waals surface area contributed by atoms with Crippen molar-refractivity contribution in [2.75, 3.05) is 6.54 Å². The van der Waals surface area contributed by atoms with E-state index in [1.807, 2.05) is 0 Å². The lowest BCUT2D eigenvalue weighted by Crippen LogP contribution is -2.26. The zero-order valence-corrected chi connectivity index (χ0v) is 10.1. The summed E-state index contributed by atoms with van der Waals surface area (Å²) in [6, 6.07) is 1.55. The molecule has 0 aliphatic rings. The minimum Gasteiger partial charge on any atom is -0.356 e. The summed E-state index contributed by atoms with van der Waals surface area (Å²) in [5, 5.41) is 6.35. The number of H-pyrrole nitrogens is 1. The van der Waals surface area contributed by atoms with E-state index in [1.54, 1.807) is 30.1 Å². The first-order valence-electron chi connectivity index (χ1n) is 5.04. The van der Waals surface area contributed by atoms with Gasteiger partial charge in [0.05, 0.1) is 4.90 Å². The number of nitrogens with one attached hydrogen (secondary N) is 2. The Hall–Kier alpha value is -1.67. The Kier molecular flexibility index (Phi) is 3.25. The van der Waals surface area contributed by atoms with Crippen LogP contribution >= 0.6 is 0 Å². The first-order valence-corrected chi connectivity index (χ1v) is 6.52. The Morgan fingerprint density at radius 1 is 1.53 bits per heavy atom. The van der Waals surface area contributed by atoms with E-state index < -0.39 is 10.0 Å². The van der Waals surface area contributed by atoms with Gasteiger partial charge in [0.1, 0.15) is 12.2 Å². The van der Waals surface area contributed by atoms with Gasteiger partial charge in [0.2, 0.25) is 10.0 Å². The van der Waals surface area contributed by atoms with Gasteiger partial charge in [0, 0.05) is 32.4 Å². The predicted molar refractivity (Wildman–Crippen MR) is 60.7 cm³/mol. The molecule has 0 saturated carbocycles. The van der Waals surface area contributed by atoms with Gasteiger partial charge >= 0.3 is 0 Å². The van der Waals surface area contributed by atoms with Gasteiger partial charge in [-0.25, -0.2) is 18.1 Å². The largest absolute Gasteiger partial charge is 0.356 e. The molecule has 0 fully saturated rings. The Morgan fingerprint density at radius 3 is 2.94 bits per heavy atom. The normalized spacial score (nSPS) is 11.8. The Balaban J connectivity index is 1.94. The SMILES string of the molecule is Cn1ccc(S(=O)(=O)NCCc2ncn[nH]2)c1. The fraction of sp³-hybridized carbons (Fsp3) is 0.333. The molecule has 17 heavy (non-hydrogen) atoms. The second-order valence-corrected chi connectivity index (χ2v) is 5.36. The minimum absolute atomic E-state index is 0.262. The van der Waals surface area contributed by atoms with Crippen LogP contribution in [0.1, 0.15) is 5.82 Å². The maximum Gasteiger partial charge on any atom is 0.242 e. The molecule has 2 aromatic rings. The number of aryl methyl sites for hydroxylation is 1. The molecule has 0 aliphatic heterocycles. The topological polar surface area (TPSA) is 92.7 Å². The summed E-state index contributed by atoms with van der Waals surface area (Å²) in [5.41, 5.74) is 0. The molecule has 0 unspecified atom stereocenters. The second kappa shape index (κ2) is 4.68. The number of aromatic amines is 1. The molecule has 2 N–H and O–H groups in total. The summed E-state index contributed by atoms with van der Waals surface area (Å²) in [6.45, 7) is 0.284. The van der Waals surface area contributed by atoms with Gasteiger partial charge in [-0.3, -0.25) is 5.10 Å². The van der Waals surface area contributed by atoms with Crippen molar-refractivity contribution in [3.63, 3.8) is 0 Å². The highest BCUT2D eigenvalue weighted by atomic mass is 32.2. The predicted octanol–water partition coefficient (Wildman–Crippen LogP) is -0.336. The first-order chi connectivity index (χ1) is 8.08. The van der Waals surface area contributed by atoms with Crippen LogP contribution in [-0.4, -0.2) is 34.7 Å². The molecule has 0 bridgehead atoms. The lowest BCUT2D eigenvalue weighted by molar-refractivity contribution is 0.580. The third-order valence-corrected chi connectivity index (χ3v) is 3.68. The number of hydrogen-bond acceptors (Lipinski definition) is 4. The summed E-state index contributed by atoms with van der Waals surface area (Å²) >= 11 is 0. The van der Waals surface area contributed by atoms with Crippen LogP contribution in [0.15, 0.2) is 29.7 Å². The van der Waals surface area contributed by atoms with Crippen molar-refractivity contribution in [2.24, 2.45) is 7.05 Å². The van der Waals surface area contributed by atoms with Gasteiger partial charge in [0.15, 0.2) is 0 Å². The molecule has 0 aliphatic carbocycles. The average molecular weight is 255 g/mol. The molecule has 2 heterocycles. The number of aromatic nitrogens is 4. The van der Waals surface area contributed by atoms with E-state index in [2.05, 4.69) is 19.9 Å². The van der Waals surface area contributed by atoms with Crippen LogP contribution in [0, 0.1) is 0 Å². The lowest BCUT2D eigenvalue weighted by atomic mass is 10.4. The van der Waals surface area contributed by atoms with Gasteiger partial charge in [-0.05, 0) is 6.07 Å². The van der Waals surface area contributed by atoms with Gasteiger partial charge in [-0.2, -0.15) is 5.10 Å².